The van der Waals surface area contributed by atoms with Gasteiger partial charge in [0.25, 0.3) is 0 Å². The summed E-state index contributed by atoms with van der Waals surface area (Å²) in [4.78, 5) is 8.97. The Bertz CT molecular complexity index is 671. The molecule has 0 bridgehead atoms. The van der Waals surface area contributed by atoms with Crippen LogP contribution in [0.1, 0.15) is 40.6 Å². The predicted octanol–water partition coefficient (Wildman–Crippen LogP) is 3.56. The Morgan fingerprint density at radius 2 is 2.19 bits per heavy atom. The molecule has 2 aromatic rings. The van der Waals surface area contributed by atoms with Crippen molar-refractivity contribution >= 4 is 23.0 Å². The van der Waals surface area contributed by atoms with Crippen molar-refractivity contribution in [1.29, 1.82) is 0 Å². The maximum Gasteiger partial charge on any atom is 0.193 e. The zero-order valence-corrected chi connectivity index (χ0v) is 13.2. The molecule has 0 spiro atoms. The Kier molecular flexibility index (Phi) is 3.92. The number of thiazole rings is 1. The smallest absolute Gasteiger partial charge is 0.193 e. The van der Waals surface area contributed by atoms with E-state index in [-0.39, 0.29) is 0 Å². The van der Waals surface area contributed by atoms with Crippen LogP contribution in [0.5, 0.6) is 0 Å². The molecule has 3 N–H and O–H groups in total. The van der Waals surface area contributed by atoms with Crippen LogP contribution in [-0.2, 0) is 6.54 Å². The number of rotatable bonds is 4. The van der Waals surface area contributed by atoms with Gasteiger partial charge in [0, 0.05) is 17.0 Å². The lowest BCUT2D eigenvalue weighted by atomic mass is 10.1. The van der Waals surface area contributed by atoms with Crippen LogP contribution in [0.3, 0.4) is 0 Å². The number of aliphatic imine (C=N–C) groups is 1. The lowest BCUT2D eigenvalue weighted by Gasteiger charge is -2.07. The van der Waals surface area contributed by atoms with Crippen LogP contribution in [0.2, 0.25) is 0 Å². The van der Waals surface area contributed by atoms with Crippen LogP contribution in [0.25, 0.3) is 0 Å². The van der Waals surface area contributed by atoms with E-state index < -0.39 is 0 Å². The lowest BCUT2D eigenvalue weighted by molar-refractivity contribution is 0.970. The van der Waals surface area contributed by atoms with Crippen LogP contribution in [-0.4, -0.2) is 10.9 Å². The molecule has 110 valence electrons. The van der Waals surface area contributed by atoms with Gasteiger partial charge in [-0.2, -0.15) is 0 Å². The second kappa shape index (κ2) is 5.85. The summed E-state index contributed by atoms with van der Waals surface area (Å²) < 4.78 is 0. The number of guanidine groups is 1. The normalized spacial score (nSPS) is 15.2. The van der Waals surface area contributed by atoms with Gasteiger partial charge in [0.2, 0.25) is 0 Å². The van der Waals surface area contributed by atoms with Crippen LogP contribution in [0, 0.1) is 13.8 Å². The molecule has 1 aliphatic carbocycles. The standard InChI is InChI=1S/C16H20N4S/c1-10-3-6-13(7-11(10)2)19-16(17)18-8-15-20-14(9-21-15)12-4-5-12/h3,6-7,9,12H,4-5,8H2,1-2H3,(H3,17,18,19). The van der Waals surface area contributed by atoms with Crippen LogP contribution in [0.15, 0.2) is 28.6 Å². The van der Waals surface area contributed by atoms with E-state index in [1.165, 1.54) is 29.7 Å². The number of hydrogen-bond acceptors (Lipinski definition) is 3. The van der Waals surface area contributed by atoms with Gasteiger partial charge < -0.3 is 11.1 Å². The van der Waals surface area contributed by atoms with Gasteiger partial charge in [-0.3, -0.25) is 0 Å². The monoisotopic (exact) mass is 300 g/mol. The Morgan fingerprint density at radius 3 is 2.90 bits per heavy atom. The minimum absolute atomic E-state index is 0.432. The topological polar surface area (TPSA) is 63.3 Å². The number of nitrogens with zero attached hydrogens (tertiary/aromatic N) is 2. The van der Waals surface area contributed by atoms with Gasteiger partial charge in [0.1, 0.15) is 5.01 Å². The average Bonchev–Trinajstić information content (AvgIpc) is 3.20. The number of nitrogens with one attached hydrogen (secondary N) is 1. The highest BCUT2D eigenvalue weighted by Crippen LogP contribution is 2.40. The summed E-state index contributed by atoms with van der Waals surface area (Å²) in [6.45, 7) is 4.72. The fraction of sp³-hybridized carbons (Fsp3) is 0.375. The molecule has 0 saturated heterocycles. The first-order valence-corrected chi connectivity index (χ1v) is 8.08. The summed E-state index contributed by atoms with van der Waals surface area (Å²) in [5.41, 5.74) is 10.6. The van der Waals surface area contributed by atoms with E-state index in [1.807, 2.05) is 6.07 Å². The van der Waals surface area contributed by atoms with E-state index in [4.69, 9.17) is 5.73 Å². The highest BCUT2D eigenvalue weighted by Gasteiger charge is 2.25. The summed E-state index contributed by atoms with van der Waals surface area (Å²) in [6, 6.07) is 6.17. The number of anilines is 1. The van der Waals surface area contributed by atoms with Crippen molar-refractivity contribution < 1.29 is 0 Å². The van der Waals surface area contributed by atoms with Gasteiger partial charge in [-0.05, 0) is 49.9 Å². The maximum absolute atomic E-state index is 5.94. The third-order valence-electron chi connectivity index (χ3n) is 3.73. The molecule has 4 nitrogen and oxygen atoms in total. The van der Waals surface area contributed by atoms with Crippen LogP contribution < -0.4 is 11.1 Å². The highest BCUT2D eigenvalue weighted by atomic mass is 32.1. The number of aryl methyl sites for hydroxylation is 2. The first kappa shape index (κ1) is 14.1. The molecule has 1 aliphatic rings. The zero-order valence-electron chi connectivity index (χ0n) is 12.4. The molecule has 0 atom stereocenters. The summed E-state index contributed by atoms with van der Waals surface area (Å²) in [6.07, 6.45) is 2.56. The largest absolute Gasteiger partial charge is 0.370 e. The molecule has 5 heteroatoms. The summed E-state index contributed by atoms with van der Waals surface area (Å²) in [5.74, 6) is 1.13. The number of benzene rings is 1. The van der Waals surface area contributed by atoms with Gasteiger partial charge in [-0.15, -0.1) is 11.3 Å². The number of aromatic nitrogens is 1. The molecule has 0 unspecified atom stereocenters. The van der Waals surface area contributed by atoms with E-state index in [1.54, 1.807) is 11.3 Å². The van der Waals surface area contributed by atoms with Crippen molar-refractivity contribution in [2.75, 3.05) is 5.32 Å². The Balaban J connectivity index is 1.60. The van der Waals surface area contributed by atoms with Gasteiger partial charge in [-0.1, -0.05) is 6.07 Å². The summed E-state index contributed by atoms with van der Waals surface area (Å²) in [5, 5.41) is 6.30. The van der Waals surface area contributed by atoms with Crippen LogP contribution in [0.4, 0.5) is 5.69 Å². The first-order valence-electron chi connectivity index (χ1n) is 7.20. The van der Waals surface area contributed by atoms with Crippen molar-refractivity contribution in [2.45, 2.75) is 39.2 Å². The fourth-order valence-corrected chi connectivity index (χ4v) is 2.92. The van der Waals surface area contributed by atoms with Crippen molar-refractivity contribution in [3.05, 3.63) is 45.4 Å². The van der Waals surface area contributed by atoms with Gasteiger partial charge in [0.15, 0.2) is 5.96 Å². The van der Waals surface area contributed by atoms with Gasteiger partial charge in [-0.25, -0.2) is 9.98 Å². The molecule has 1 heterocycles. The Morgan fingerprint density at radius 1 is 1.38 bits per heavy atom. The van der Waals surface area contributed by atoms with Crippen molar-refractivity contribution in [1.82, 2.24) is 4.98 Å². The summed E-state index contributed by atoms with van der Waals surface area (Å²) in [7, 11) is 0. The zero-order chi connectivity index (χ0) is 14.8. The molecule has 0 amide bonds. The molecular weight excluding hydrogens is 280 g/mol. The molecular formula is C16H20N4S. The highest BCUT2D eigenvalue weighted by molar-refractivity contribution is 7.09. The second-order valence-corrected chi connectivity index (χ2v) is 6.51. The predicted molar refractivity (Wildman–Crippen MR) is 89.0 cm³/mol. The van der Waals surface area contributed by atoms with E-state index in [0.717, 1.165) is 10.7 Å². The third-order valence-corrected chi connectivity index (χ3v) is 4.58. The van der Waals surface area contributed by atoms with Gasteiger partial charge in [0.05, 0.1) is 12.2 Å². The van der Waals surface area contributed by atoms with Crippen LogP contribution >= 0.6 is 11.3 Å². The van der Waals surface area contributed by atoms with E-state index >= 15 is 0 Å². The SMILES string of the molecule is Cc1ccc(NC(N)=NCc2nc(C3CC3)cs2)cc1C. The third kappa shape index (κ3) is 3.61. The van der Waals surface area contributed by atoms with Crippen molar-refractivity contribution in [3.8, 4) is 0 Å². The second-order valence-electron chi connectivity index (χ2n) is 5.57. The Labute approximate surface area is 129 Å². The minimum Gasteiger partial charge on any atom is -0.370 e. The molecule has 1 saturated carbocycles. The summed E-state index contributed by atoms with van der Waals surface area (Å²) >= 11 is 1.67. The number of nitrogens with two attached hydrogens (primary N) is 1. The molecule has 1 aromatic carbocycles. The van der Waals surface area contributed by atoms with Crippen molar-refractivity contribution in [3.63, 3.8) is 0 Å². The fourth-order valence-electron chi connectivity index (χ4n) is 2.12. The lowest BCUT2D eigenvalue weighted by Crippen LogP contribution is -2.22. The van der Waals surface area contributed by atoms with E-state index in [9.17, 15) is 0 Å². The molecule has 0 radical (unpaired) electrons. The molecule has 1 aromatic heterocycles. The Hall–Kier alpha value is -1.88. The first-order chi connectivity index (χ1) is 10.1. The molecule has 1 fully saturated rings. The quantitative estimate of drug-likeness (QED) is 0.670. The minimum atomic E-state index is 0.432. The van der Waals surface area contributed by atoms with Crippen molar-refractivity contribution in [2.24, 2.45) is 10.7 Å². The average molecular weight is 300 g/mol. The molecule has 3 rings (SSSR count). The van der Waals surface area contributed by atoms with E-state index in [2.05, 4.69) is 46.7 Å². The van der Waals surface area contributed by atoms with Gasteiger partial charge >= 0.3 is 0 Å². The van der Waals surface area contributed by atoms with E-state index in [0.29, 0.717) is 18.4 Å². The molecule has 21 heavy (non-hydrogen) atoms. The number of hydrogen-bond donors (Lipinski definition) is 2. The molecule has 0 aliphatic heterocycles. The maximum atomic E-state index is 5.94.